The van der Waals surface area contributed by atoms with Gasteiger partial charge in [0.25, 0.3) is 5.56 Å². The van der Waals surface area contributed by atoms with Gasteiger partial charge < -0.3 is 20.3 Å². The van der Waals surface area contributed by atoms with Gasteiger partial charge in [0.2, 0.25) is 0 Å². The first-order valence-electron chi connectivity index (χ1n) is 9.24. The van der Waals surface area contributed by atoms with E-state index in [4.69, 9.17) is 12.2 Å². The molecule has 0 spiro atoms. The highest BCUT2D eigenvalue weighted by Gasteiger charge is 2.14. The molecular formula is C22H25N3O2S. The Morgan fingerprint density at radius 1 is 1.14 bits per heavy atom. The van der Waals surface area contributed by atoms with Crippen LogP contribution >= 0.6 is 12.2 Å². The van der Waals surface area contributed by atoms with Crippen LogP contribution in [0.15, 0.2) is 47.3 Å². The maximum absolute atomic E-state index is 12.6. The first kappa shape index (κ1) is 20.0. The normalized spacial score (nSPS) is 10.9. The highest BCUT2D eigenvalue weighted by molar-refractivity contribution is 7.80. The molecule has 0 radical (unpaired) electrons. The summed E-state index contributed by atoms with van der Waals surface area (Å²) in [6.45, 7) is 6.69. The van der Waals surface area contributed by atoms with E-state index in [1.807, 2.05) is 50.2 Å². The van der Waals surface area contributed by atoms with E-state index in [1.165, 1.54) is 5.56 Å². The summed E-state index contributed by atoms with van der Waals surface area (Å²) in [5.41, 5.74) is 5.61. The molecule has 1 heterocycles. The first-order chi connectivity index (χ1) is 13.4. The highest BCUT2D eigenvalue weighted by atomic mass is 32.1. The maximum Gasteiger partial charge on any atom is 0.253 e. The summed E-state index contributed by atoms with van der Waals surface area (Å²) in [5.74, 6) is 0. The van der Waals surface area contributed by atoms with E-state index in [9.17, 15) is 9.90 Å². The molecule has 3 rings (SSSR count). The van der Waals surface area contributed by atoms with Gasteiger partial charge in [0, 0.05) is 23.3 Å². The summed E-state index contributed by atoms with van der Waals surface area (Å²) < 4.78 is 0. The van der Waals surface area contributed by atoms with Gasteiger partial charge in [-0.05, 0) is 85.4 Å². The van der Waals surface area contributed by atoms with Gasteiger partial charge in [-0.1, -0.05) is 12.1 Å². The van der Waals surface area contributed by atoms with Crippen molar-refractivity contribution in [2.24, 2.45) is 0 Å². The Morgan fingerprint density at radius 2 is 1.89 bits per heavy atom. The van der Waals surface area contributed by atoms with Crippen LogP contribution in [0.1, 0.15) is 22.3 Å². The van der Waals surface area contributed by atoms with Crippen LogP contribution in [0.2, 0.25) is 0 Å². The van der Waals surface area contributed by atoms with E-state index >= 15 is 0 Å². The molecule has 0 saturated heterocycles. The fraction of sp³-hybridized carbons (Fsp3) is 0.273. The van der Waals surface area contributed by atoms with Gasteiger partial charge in [0.1, 0.15) is 0 Å². The number of aliphatic hydroxyl groups excluding tert-OH is 1. The minimum absolute atomic E-state index is 0.0561. The highest BCUT2D eigenvalue weighted by Crippen LogP contribution is 2.18. The molecule has 6 heteroatoms. The van der Waals surface area contributed by atoms with Crippen molar-refractivity contribution in [2.45, 2.75) is 27.3 Å². The van der Waals surface area contributed by atoms with Crippen LogP contribution in [0.5, 0.6) is 0 Å². The van der Waals surface area contributed by atoms with Crippen LogP contribution in [-0.4, -0.2) is 33.3 Å². The number of aromatic nitrogens is 1. The quantitative estimate of drug-likeness (QED) is 0.576. The number of aryl methyl sites for hydroxylation is 3. The van der Waals surface area contributed by atoms with Crippen molar-refractivity contribution in [2.75, 3.05) is 18.5 Å². The molecule has 0 atom stereocenters. The minimum Gasteiger partial charge on any atom is -0.395 e. The topological polar surface area (TPSA) is 68.4 Å². The number of hydrogen-bond acceptors (Lipinski definition) is 3. The summed E-state index contributed by atoms with van der Waals surface area (Å²) in [5, 5.41) is 14.1. The zero-order chi connectivity index (χ0) is 20.3. The third kappa shape index (κ3) is 4.58. The Labute approximate surface area is 170 Å². The Morgan fingerprint density at radius 3 is 2.61 bits per heavy atom. The summed E-state index contributed by atoms with van der Waals surface area (Å²) in [6.07, 6.45) is 0. The second-order valence-electron chi connectivity index (χ2n) is 7.09. The molecule has 0 aliphatic carbocycles. The van der Waals surface area contributed by atoms with Gasteiger partial charge in [-0.2, -0.15) is 0 Å². The predicted octanol–water partition coefficient (Wildman–Crippen LogP) is 3.64. The number of thiocarbonyl (C=S) groups is 1. The Kier molecular flexibility index (Phi) is 6.11. The summed E-state index contributed by atoms with van der Waals surface area (Å²) in [4.78, 5) is 17.3. The number of anilines is 1. The van der Waals surface area contributed by atoms with Crippen LogP contribution in [-0.2, 0) is 6.54 Å². The lowest BCUT2D eigenvalue weighted by atomic mass is 10.0. The number of benzene rings is 2. The van der Waals surface area contributed by atoms with Crippen molar-refractivity contribution in [3.63, 3.8) is 0 Å². The van der Waals surface area contributed by atoms with Crippen LogP contribution in [0.25, 0.3) is 10.9 Å². The Hall–Kier alpha value is -2.70. The average Bonchev–Trinajstić information content (AvgIpc) is 2.63. The molecule has 3 aromatic rings. The summed E-state index contributed by atoms with van der Waals surface area (Å²) >= 11 is 5.53. The lowest BCUT2D eigenvalue weighted by Crippen LogP contribution is -2.37. The van der Waals surface area contributed by atoms with Gasteiger partial charge in [-0.3, -0.25) is 4.79 Å². The lowest BCUT2D eigenvalue weighted by molar-refractivity contribution is 0.248. The molecule has 0 bridgehead atoms. The number of hydrogen-bond donors (Lipinski definition) is 3. The molecular weight excluding hydrogens is 370 g/mol. The Balaban J connectivity index is 1.87. The van der Waals surface area contributed by atoms with E-state index in [2.05, 4.69) is 23.3 Å². The molecule has 0 fully saturated rings. The largest absolute Gasteiger partial charge is 0.395 e. The van der Waals surface area contributed by atoms with Crippen molar-refractivity contribution in [1.82, 2.24) is 9.88 Å². The van der Waals surface area contributed by atoms with Gasteiger partial charge >= 0.3 is 0 Å². The monoisotopic (exact) mass is 395 g/mol. The molecule has 28 heavy (non-hydrogen) atoms. The zero-order valence-corrected chi connectivity index (χ0v) is 17.2. The van der Waals surface area contributed by atoms with Gasteiger partial charge in [-0.25, -0.2) is 0 Å². The lowest BCUT2D eigenvalue weighted by Gasteiger charge is -2.25. The molecule has 0 amide bonds. The molecule has 3 N–H and O–H groups in total. The van der Waals surface area contributed by atoms with E-state index in [1.54, 1.807) is 4.90 Å². The third-order valence-electron chi connectivity index (χ3n) is 4.82. The van der Waals surface area contributed by atoms with E-state index in [-0.39, 0.29) is 12.2 Å². The van der Waals surface area contributed by atoms with Gasteiger partial charge in [-0.15, -0.1) is 0 Å². The summed E-state index contributed by atoms with van der Waals surface area (Å²) in [6, 6.07) is 13.9. The molecule has 0 saturated carbocycles. The second kappa shape index (κ2) is 8.54. The van der Waals surface area contributed by atoms with E-state index in [0.29, 0.717) is 23.8 Å². The number of rotatable bonds is 5. The number of fused-ring (bicyclic) bond motifs is 1. The minimum atomic E-state index is -0.142. The van der Waals surface area contributed by atoms with Crippen molar-refractivity contribution in [3.05, 3.63) is 75.1 Å². The van der Waals surface area contributed by atoms with Gasteiger partial charge in [0.15, 0.2) is 5.11 Å². The smallest absolute Gasteiger partial charge is 0.253 e. The molecule has 146 valence electrons. The predicted molar refractivity (Wildman–Crippen MR) is 119 cm³/mol. The number of pyridine rings is 1. The molecule has 1 aromatic heterocycles. The molecule has 0 aliphatic rings. The molecule has 2 aromatic carbocycles. The number of H-pyrrole nitrogens is 1. The Bertz CT molecular complexity index is 1080. The number of aromatic amines is 1. The number of aliphatic hydroxyl groups is 1. The number of nitrogens with zero attached hydrogens (tertiary/aromatic N) is 1. The second-order valence-corrected chi connectivity index (χ2v) is 7.48. The maximum atomic E-state index is 12.6. The average molecular weight is 396 g/mol. The zero-order valence-electron chi connectivity index (χ0n) is 16.4. The van der Waals surface area contributed by atoms with Crippen molar-refractivity contribution < 1.29 is 5.11 Å². The van der Waals surface area contributed by atoms with Crippen LogP contribution in [0.4, 0.5) is 5.69 Å². The third-order valence-corrected chi connectivity index (χ3v) is 5.18. The van der Waals surface area contributed by atoms with Crippen LogP contribution in [0, 0.1) is 20.8 Å². The number of nitrogens with one attached hydrogen (secondary N) is 2. The fourth-order valence-corrected chi connectivity index (χ4v) is 3.42. The van der Waals surface area contributed by atoms with E-state index < -0.39 is 0 Å². The van der Waals surface area contributed by atoms with Gasteiger partial charge in [0.05, 0.1) is 13.2 Å². The standard InChI is InChI=1S/C22H25N3O2S/c1-14-5-4-6-19(9-14)23-22(28)25(7-8-26)13-18-12-17-10-15(2)16(3)11-20(17)24-21(18)27/h4-6,9-12,26H,7-8,13H2,1-3H3,(H,23,28)(H,24,27). The fourth-order valence-electron chi connectivity index (χ4n) is 3.14. The van der Waals surface area contributed by atoms with Crippen LogP contribution in [0.3, 0.4) is 0 Å². The van der Waals surface area contributed by atoms with Crippen molar-refractivity contribution >= 4 is 33.9 Å². The molecule has 0 unspecified atom stereocenters. The molecule has 5 nitrogen and oxygen atoms in total. The SMILES string of the molecule is Cc1cccc(NC(=S)N(CCO)Cc2cc3cc(C)c(C)cc3[nH]c2=O)c1. The van der Waals surface area contributed by atoms with Crippen molar-refractivity contribution in [1.29, 1.82) is 0 Å². The summed E-state index contributed by atoms with van der Waals surface area (Å²) in [7, 11) is 0. The first-order valence-corrected chi connectivity index (χ1v) is 9.65. The van der Waals surface area contributed by atoms with Crippen molar-refractivity contribution in [3.8, 4) is 0 Å². The molecule has 0 aliphatic heterocycles. The van der Waals surface area contributed by atoms with Crippen LogP contribution < -0.4 is 10.9 Å². The van der Waals surface area contributed by atoms with E-state index in [0.717, 1.165) is 27.7 Å².